The predicted molar refractivity (Wildman–Crippen MR) is 102 cm³/mol. The third-order valence-electron chi connectivity index (χ3n) is 5.33. The summed E-state index contributed by atoms with van der Waals surface area (Å²) in [5, 5.41) is 0. The Morgan fingerprint density at radius 3 is 2.76 bits per heavy atom. The maximum atomic E-state index is 14.8. The number of aliphatic imine (C=N–C) groups is 1. The van der Waals surface area contributed by atoms with Crippen LogP contribution in [0.3, 0.4) is 0 Å². The van der Waals surface area contributed by atoms with Crippen LogP contribution < -0.4 is 9.47 Å². The zero-order valence-electron chi connectivity index (χ0n) is 15.5. The summed E-state index contributed by atoms with van der Waals surface area (Å²) >= 11 is 0. The lowest BCUT2D eigenvalue weighted by molar-refractivity contribution is 0.233. The first-order valence-electron chi connectivity index (χ1n) is 9.09. The average Bonchev–Trinajstić information content (AvgIpc) is 2.75. The monoisotopic (exact) mass is 394 g/mol. The van der Waals surface area contributed by atoms with E-state index in [0.29, 0.717) is 46.8 Å². The summed E-state index contributed by atoms with van der Waals surface area (Å²) in [6.45, 7) is 0.396. The Morgan fingerprint density at radius 1 is 1.10 bits per heavy atom. The third kappa shape index (κ3) is 2.65. The van der Waals surface area contributed by atoms with Gasteiger partial charge in [-0.05, 0) is 35.9 Å². The van der Waals surface area contributed by atoms with Crippen molar-refractivity contribution < 1.29 is 23.0 Å². The molecule has 0 N–H and O–H groups in total. The summed E-state index contributed by atoms with van der Waals surface area (Å²) in [6, 6.07) is 11.6. The molecule has 1 unspecified atom stereocenters. The van der Waals surface area contributed by atoms with E-state index in [9.17, 15) is 8.78 Å². The lowest BCUT2D eigenvalue weighted by atomic mass is 9.77. The quantitative estimate of drug-likeness (QED) is 0.584. The smallest absolute Gasteiger partial charge is 0.220 e. The molecule has 0 radical (unpaired) electrons. The van der Waals surface area contributed by atoms with Gasteiger partial charge >= 0.3 is 0 Å². The van der Waals surface area contributed by atoms with Gasteiger partial charge in [0, 0.05) is 35.4 Å². The summed E-state index contributed by atoms with van der Waals surface area (Å²) in [7, 11) is 1.47. The lowest BCUT2D eigenvalue weighted by Crippen LogP contribution is -2.34. The number of hydrogen-bond donors (Lipinski definition) is 0. The Labute approximate surface area is 165 Å². The van der Waals surface area contributed by atoms with Crippen molar-refractivity contribution in [1.82, 2.24) is 4.98 Å². The SMILES string of the molecule is COc1cc(F)c2c(c1)C1(CCOC=N1)c1cc(-c3cccnc3F)ccc1O2. The highest BCUT2D eigenvalue weighted by atomic mass is 19.1. The number of ether oxygens (including phenoxy) is 3. The molecule has 0 fully saturated rings. The van der Waals surface area contributed by atoms with Crippen molar-refractivity contribution in [3.05, 3.63) is 71.6 Å². The molecule has 3 aromatic rings. The van der Waals surface area contributed by atoms with Crippen LogP contribution >= 0.6 is 0 Å². The highest BCUT2D eigenvalue weighted by Crippen LogP contribution is 2.54. The summed E-state index contributed by atoms with van der Waals surface area (Å²) in [5.41, 5.74) is 1.32. The second kappa shape index (κ2) is 6.55. The van der Waals surface area contributed by atoms with E-state index in [1.54, 1.807) is 30.3 Å². The van der Waals surface area contributed by atoms with Crippen molar-refractivity contribution in [3.63, 3.8) is 0 Å². The van der Waals surface area contributed by atoms with Crippen LogP contribution in [0.25, 0.3) is 11.1 Å². The largest absolute Gasteiger partial charge is 0.497 e. The number of rotatable bonds is 2. The Kier molecular flexibility index (Phi) is 3.97. The minimum absolute atomic E-state index is 0.109. The van der Waals surface area contributed by atoms with Gasteiger partial charge in [-0.15, -0.1) is 0 Å². The second-order valence-corrected chi connectivity index (χ2v) is 6.86. The molecule has 2 aromatic carbocycles. The molecule has 29 heavy (non-hydrogen) atoms. The van der Waals surface area contributed by atoms with Crippen LogP contribution in [-0.2, 0) is 10.3 Å². The number of halogens is 2. The summed E-state index contributed by atoms with van der Waals surface area (Å²) in [5.74, 6) is -0.162. The number of benzene rings is 2. The molecule has 3 heterocycles. The number of fused-ring (bicyclic) bond motifs is 4. The highest BCUT2D eigenvalue weighted by Gasteiger charge is 2.45. The van der Waals surface area contributed by atoms with E-state index in [1.807, 2.05) is 6.07 Å². The minimum atomic E-state index is -0.925. The van der Waals surface area contributed by atoms with Crippen LogP contribution in [0.15, 0.2) is 53.7 Å². The number of hydrogen-bond acceptors (Lipinski definition) is 5. The van der Waals surface area contributed by atoms with E-state index in [4.69, 9.17) is 14.2 Å². The molecule has 0 saturated carbocycles. The van der Waals surface area contributed by atoms with Crippen LogP contribution in [0, 0.1) is 11.8 Å². The Balaban J connectivity index is 1.77. The van der Waals surface area contributed by atoms with Gasteiger partial charge in [-0.25, -0.2) is 14.4 Å². The van der Waals surface area contributed by atoms with Gasteiger partial charge in [-0.1, -0.05) is 6.07 Å². The van der Waals surface area contributed by atoms with Crippen molar-refractivity contribution in [2.75, 3.05) is 13.7 Å². The molecular weight excluding hydrogens is 378 g/mol. The number of aromatic nitrogens is 1. The standard InChI is InChI=1S/C22H16F2N2O3/c1-27-14-10-17-20(18(23)11-14)29-19-5-4-13(15-3-2-7-25-21(15)24)9-16(19)22(17)6-8-28-12-26-22/h2-5,7,9-12H,6,8H2,1H3. The van der Waals surface area contributed by atoms with E-state index < -0.39 is 17.3 Å². The van der Waals surface area contributed by atoms with E-state index in [1.165, 1.54) is 25.8 Å². The first kappa shape index (κ1) is 17.6. The fourth-order valence-corrected chi connectivity index (χ4v) is 3.92. The van der Waals surface area contributed by atoms with E-state index in [-0.39, 0.29) is 5.75 Å². The fourth-order valence-electron chi connectivity index (χ4n) is 3.92. The van der Waals surface area contributed by atoms with E-state index >= 15 is 0 Å². The molecule has 0 saturated heterocycles. The zero-order chi connectivity index (χ0) is 20.0. The summed E-state index contributed by atoms with van der Waals surface area (Å²) in [6.07, 6.45) is 3.24. The molecule has 0 aliphatic carbocycles. The first-order chi connectivity index (χ1) is 14.1. The summed E-state index contributed by atoms with van der Waals surface area (Å²) in [4.78, 5) is 8.35. The van der Waals surface area contributed by atoms with E-state index in [2.05, 4.69) is 9.98 Å². The normalized spacial score (nSPS) is 19.1. The molecular formula is C22H16F2N2O3. The fraction of sp³-hybridized carbons (Fsp3) is 0.182. The molecule has 2 aliphatic rings. The number of nitrogens with zero attached hydrogens (tertiary/aromatic N) is 2. The van der Waals surface area contributed by atoms with Gasteiger partial charge in [-0.3, -0.25) is 0 Å². The van der Waals surface area contributed by atoms with Crippen molar-refractivity contribution >= 4 is 6.40 Å². The Hall–Kier alpha value is -3.48. The van der Waals surface area contributed by atoms with Gasteiger partial charge < -0.3 is 14.2 Å². The molecule has 2 aliphatic heterocycles. The van der Waals surface area contributed by atoms with Crippen molar-refractivity contribution in [2.24, 2.45) is 4.99 Å². The van der Waals surface area contributed by atoms with Gasteiger partial charge in [0.25, 0.3) is 0 Å². The topological polar surface area (TPSA) is 52.9 Å². The maximum Gasteiger partial charge on any atom is 0.220 e. The molecule has 1 atom stereocenters. The molecule has 0 bridgehead atoms. The van der Waals surface area contributed by atoms with Crippen molar-refractivity contribution in [1.29, 1.82) is 0 Å². The van der Waals surface area contributed by atoms with Crippen LogP contribution in [0.2, 0.25) is 0 Å². The van der Waals surface area contributed by atoms with Gasteiger partial charge in [0.15, 0.2) is 18.0 Å². The van der Waals surface area contributed by atoms with Gasteiger partial charge in [0.2, 0.25) is 5.95 Å². The maximum absolute atomic E-state index is 14.8. The third-order valence-corrected chi connectivity index (χ3v) is 5.33. The Morgan fingerprint density at radius 2 is 2.00 bits per heavy atom. The molecule has 0 amide bonds. The highest BCUT2D eigenvalue weighted by molar-refractivity contribution is 5.70. The van der Waals surface area contributed by atoms with Gasteiger partial charge in [-0.2, -0.15) is 4.39 Å². The first-order valence-corrected chi connectivity index (χ1v) is 9.09. The molecule has 7 heteroatoms. The average molecular weight is 394 g/mol. The van der Waals surface area contributed by atoms with Crippen molar-refractivity contribution in [2.45, 2.75) is 12.0 Å². The van der Waals surface area contributed by atoms with Crippen LogP contribution in [-0.4, -0.2) is 25.1 Å². The van der Waals surface area contributed by atoms with Crippen LogP contribution in [0.5, 0.6) is 17.2 Å². The van der Waals surface area contributed by atoms with Crippen LogP contribution in [0.1, 0.15) is 17.5 Å². The lowest BCUT2D eigenvalue weighted by Gasteiger charge is -2.39. The van der Waals surface area contributed by atoms with Gasteiger partial charge in [0.1, 0.15) is 17.0 Å². The van der Waals surface area contributed by atoms with E-state index in [0.717, 1.165) is 0 Å². The van der Waals surface area contributed by atoms with Gasteiger partial charge in [0.05, 0.1) is 13.7 Å². The molecule has 146 valence electrons. The minimum Gasteiger partial charge on any atom is -0.497 e. The summed E-state index contributed by atoms with van der Waals surface area (Å²) < 4.78 is 45.6. The number of pyridine rings is 1. The molecule has 5 nitrogen and oxygen atoms in total. The molecule has 1 aromatic heterocycles. The molecule has 1 spiro atoms. The van der Waals surface area contributed by atoms with Crippen molar-refractivity contribution in [3.8, 4) is 28.4 Å². The zero-order valence-corrected chi connectivity index (χ0v) is 15.5. The predicted octanol–water partition coefficient (Wildman–Crippen LogP) is 4.83. The van der Waals surface area contributed by atoms with Crippen LogP contribution in [0.4, 0.5) is 8.78 Å². The molecule has 5 rings (SSSR count). The Bertz CT molecular complexity index is 1150. The number of methoxy groups -OCH3 is 1. The second-order valence-electron chi connectivity index (χ2n) is 6.86.